The van der Waals surface area contributed by atoms with E-state index in [0.717, 1.165) is 0 Å². The molecule has 4 aromatic heterocycles. The van der Waals surface area contributed by atoms with Crippen LogP contribution in [-0.2, 0) is 0 Å². The lowest BCUT2D eigenvalue weighted by Crippen LogP contribution is -2.20. The number of hydrogen-bond donors (Lipinski definition) is 1. The van der Waals surface area contributed by atoms with Crippen molar-refractivity contribution in [3.8, 4) is 6.01 Å². The molecule has 0 saturated carbocycles. The quantitative estimate of drug-likeness (QED) is 0.446. The highest BCUT2D eigenvalue weighted by atomic mass is 16.4. The smallest absolute Gasteiger partial charge is 0.313 e. The molecule has 1 N–H and O–H groups in total. The van der Waals surface area contributed by atoms with E-state index in [0.29, 0.717) is 28.5 Å². The van der Waals surface area contributed by atoms with Crippen LogP contribution in [0, 0.1) is 0 Å². The molecule has 98 valence electrons. The molecule has 0 saturated heterocycles. The van der Waals surface area contributed by atoms with Gasteiger partial charge in [0.1, 0.15) is 0 Å². The van der Waals surface area contributed by atoms with Crippen molar-refractivity contribution in [2.75, 3.05) is 0 Å². The minimum Gasteiger partial charge on any atom is -0.442 e. The molecule has 6 heterocycles. The lowest BCUT2D eigenvalue weighted by Gasteiger charge is -2.00. The average molecular weight is 270 g/mol. The molecule has 4 bridgehead atoms. The summed E-state index contributed by atoms with van der Waals surface area (Å²) in [6, 6.07) is 6.51. The van der Waals surface area contributed by atoms with E-state index >= 15 is 0 Å². The molecule has 0 spiro atoms. The second-order valence-electron chi connectivity index (χ2n) is 4.08. The second kappa shape index (κ2) is 3.67. The molecular weight excluding hydrogens is 264 g/mol. The van der Waals surface area contributed by atoms with Crippen molar-refractivity contribution in [3.05, 3.63) is 51.4 Å². The summed E-state index contributed by atoms with van der Waals surface area (Å²) in [5.74, 6) is 0. The van der Waals surface area contributed by atoms with Crippen LogP contribution in [0.4, 0.5) is 0 Å². The van der Waals surface area contributed by atoms with Gasteiger partial charge in [-0.3, -0.25) is 9.59 Å². The van der Waals surface area contributed by atoms with Gasteiger partial charge in [0.15, 0.2) is 28.9 Å². The van der Waals surface area contributed by atoms with Crippen LogP contribution in [-0.4, -0.2) is 19.5 Å². The maximum Gasteiger partial charge on any atom is 0.313 e. The van der Waals surface area contributed by atoms with Crippen molar-refractivity contribution >= 4 is 22.5 Å². The molecule has 0 fully saturated rings. The Balaban J connectivity index is 0.000000106. The van der Waals surface area contributed by atoms with Gasteiger partial charge in [0.2, 0.25) is 5.56 Å². The van der Waals surface area contributed by atoms with Crippen LogP contribution < -0.4 is 11.1 Å². The molecule has 0 atom stereocenters. The SMILES string of the molecule is O=c1ccc2oc3nc2n1-3.O=c1ccc2ocnc2[nH]1. The van der Waals surface area contributed by atoms with Gasteiger partial charge in [-0.25, -0.2) is 4.57 Å². The first-order chi connectivity index (χ1) is 9.72. The normalized spacial score (nSPS) is 11.4. The zero-order valence-corrected chi connectivity index (χ0v) is 9.86. The lowest BCUT2D eigenvalue weighted by molar-refractivity contribution is 0.570. The monoisotopic (exact) mass is 270 g/mol. The first kappa shape index (κ1) is 10.7. The Morgan fingerprint density at radius 2 is 1.95 bits per heavy atom. The molecule has 0 aliphatic carbocycles. The van der Waals surface area contributed by atoms with Crippen LogP contribution in [0.5, 0.6) is 0 Å². The van der Waals surface area contributed by atoms with Crippen molar-refractivity contribution in [2.45, 2.75) is 0 Å². The van der Waals surface area contributed by atoms with Gasteiger partial charge in [-0.1, -0.05) is 0 Å². The summed E-state index contributed by atoms with van der Waals surface area (Å²) in [4.78, 5) is 31.7. The van der Waals surface area contributed by atoms with E-state index in [1.165, 1.54) is 23.1 Å². The van der Waals surface area contributed by atoms with Crippen LogP contribution in [0.25, 0.3) is 28.5 Å². The highest BCUT2D eigenvalue weighted by molar-refractivity contribution is 5.75. The van der Waals surface area contributed by atoms with Crippen molar-refractivity contribution in [3.63, 3.8) is 0 Å². The zero-order valence-electron chi connectivity index (χ0n) is 9.86. The van der Waals surface area contributed by atoms with Crippen molar-refractivity contribution in [1.82, 2.24) is 19.5 Å². The number of aromatic amines is 1. The van der Waals surface area contributed by atoms with Crippen molar-refractivity contribution < 1.29 is 8.83 Å². The van der Waals surface area contributed by atoms with Crippen LogP contribution in [0.2, 0.25) is 0 Å². The molecular formula is C12H6N4O4. The summed E-state index contributed by atoms with van der Waals surface area (Å²) in [5.41, 5.74) is 2.20. The molecule has 0 radical (unpaired) electrons. The minimum absolute atomic E-state index is 0.0683. The molecule has 2 aliphatic rings. The Hall–Kier alpha value is -3.16. The summed E-state index contributed by atoms with van der Waals surface area (Å²) < 4.78 is 11.4. The molecule has 2 aliphatic heterocycles. The van der Waals surface area contributed by atoms with Gasteiger partial charge in [0.05, 0.1) is 0 Å². The van der Waals surface area contributed by atoms with Crippen molar-refractivity contribution in [1.29, 1.82) is 0 Å². The lowest BCUT2D eigenvalue weighted by atomic mass is 10.4. The molecule has 0 unspecified atom stereocenters. The van der Waals surface area contributed by atoms with Gasteiger partial charge in [-0.05, 0) is 12.1 Å². The summed E-state index contributed by atoms with van der Waals surface area (Å²) in [6.45, 7) is 0. The first-order valence-corrected chi connectivity index (χ1v) is 5.68. The van der Waals surface area contributed by atoms with E-state index in [1.54, 1.807) is 12.1 Å². The number of pyridine rings is 2. The van der Waals surface area contributed by atoms with Gasteiger partial charge in [0.25, 0.3) is 5.56 Å². The van der Waals surface area contributed by atoms with Crippen LogP contribution in [0.3, 0.4) is 0 Å². The Labute approximate surface area is 109 Å². The number of hydrogen-bond acceptors (Lipinski definition) is 6. The number of fused-ring (bicyclic) bond motifs is 1. The molecule has 0 aromatic carbocycles. The minimum atomic E-state index is -0.165. The molecule has 0 amide bonds. The zero-order chi connectivity index (χ0) is 13.7. The van der Waals surface area contributed by atoms with E-state index in [2.05, 4.69) is 15.0 Å². The summed E-state index contributed by atoms with van der Waals surface area (Å²) >= 11 is 0. The predicted octanol–water partition coefficient (Wildman–Crippen LogP) is 0.808. The van der Waals surface area contributed by atoms with E-state index in [1.807, 2.05) is 0 Å². The fraction of sp³-hybridized carbons (Fsp3) is 0. The Bertz CT molecular complexity index is 1040. The Morgan fingerprint density at radius 1 is 1.10 bits per heavy atom. The number of nitrogens with zero attached hydrogens (tertiary/aromatic N) is 3. The number of H-pyrrole nitrogens is 1. The molecule has 20 heavy (non-hydrogen) atoms. The fourth-order valence-electron chi connectivity index (χ4n) is 1.92. The summed E-state index contributed by atoms with van der Waals surface area (Å²) in [7, 11) is 0. The van der Waals surface area contributed by atoms with Gasteiger partial charge in [-0.15, -0.1) is 0 Å². The molecule has 8 heteroatoms. The highest BCUT2D eigenvalue weighted by Crippen LogP contribution is 2.25. The highest BCUT2D eigenvalue weighted by Gasteiger charge is 2.23. The number of oxazole rings is 3. The first-order valence-electron chi connectivity index (χ1n) is 5.68. The Morgan fingerprint density at radius 3 is 2.80 bits per heavy atom. The van der Waals surface area contributed by atoms with Gasteiger partial charge >= 0.3 is 6.01 Å². The largest absolute Gasteiger partial charge is 0.442 e. The number of aromatic nitrogens is 4. The van der Waals surface area contributed by atoms with Crippen LogP contribution >= 0.6 is 0 Å². The third kappa shape index (κ3) is 1.41. The maximum absolute atomic E-state index is 10.9. The van der Waals surface area contributed by atoms with Gasteiger partial charge < -0.3 is 13.8 Å². The summed E-state index contributed by atoms with van der Waals surface area (Å²) in [5, 5.41) is 0. The number of rotatable bonds is 0. The van der Waals surface area contributed by atoms with Gasteiger partial charge in [0, 0.05) is 12.1 Å². The molecule has 4 aromatic rings. The second-order valence-corrected chi connectivity index (χ2v) is 4.08. The van der Waals surface area contributed by atoms with Crippen LogP contribution in [0.15, 0.2) is 49.1 Å². The fourth-order valence-corrected chi connectivity index (χ4v) is 1.92. The summed E-state index contributed by atoms with van der Waals surface area (Å²) in [6.07, 6.45) is 1.29. The van der Waals surface area contributed by atoms with E-state index in [9.17, 15) is 9.59 Å². The third-order valence-corrected chi connectivity index (χ3v) is 2.85. The van der Waals surface area contributed by atoms with Crippen LogP contribution in [0.1, 0.15) is 0 Å². The predicted molar refractivity (Wildman–Crippen MR) is 67.8 cm³/mol. The maximum atomic E-state index is 10.9. The van der Waals surface area contributed by atoms with Crippen molar-refractivity contribution in [2.24, 2.45) is 0 Å². The number of nitrogens with one attached hydrogen (secondary N) is 1. The molecule has 6 rings (SSSR count). The standard InChI is InChI=1S/C6H2N2O2.C6H4N2O2/c9-4-2-1-3-5-7-6(10-3)8(4)5;9-5-2-1-4-6(8-5)7-3-10-4/h1-2H;1-3H,(H,8,9). The van der Waals surface area contributed by atoms with E-state index in [4.69, 9.17) is 8.83 Å². The molecule has 8 nitrogen and oxygen atoms in total. The Kier molecular flexibility index (Phi) is 1.97. The van der Waals surface area contributed by atoms with E-state index in [-0.39, 0.29) is 11.1 Å². The van der Waals surface area contributed by atoms with E-state index < -0.39 is 0 Å². The third-order valence-electron chi connectivity index (χ3n) is 2.85. The van der Waals surface area contributed by atoms with Gasteiger partial charge in [-0.2, -0.15) is 9.97 Å². The average Bonchev–Trinajstić information content (AvgIpc) is 3.07. The topological polar surface area (TPSA) is 107 Å².